The smallest absolute Gasteiger partial charge is 0.124 e. The summed E-state index contributed by atoms with van der Waals surface area (Å²) in [6, 6.07) is 16.7. The molecular weight excluding hydrogens is 466 g/mol. The van der Waals surface area contributed by atoms with Crippen LogP contribution in [0.3, 0.4) is 0 Å². The molecule has 0 bridgehead atoms. The van der Waals surface area contributed by atoms with E-state index in [4.69, 9.17) is 0 Å². The third-order valence-electron chi connectivity index (χ3n) is 6.78. The molecular formula is C31H51NO3S. The molecule has 5 heteroatoms. The lowest BCUT2D eigenvalue weighted by atomic mass is 10.1. The maximum absolute atomic E-state index is 10.4. The molecule has 2 aromatic rings. The number of hydrogen-bond acceptors (Lipinski definition) is 3. The second-order valence-corrected chi connectivity index (χ2v) is 12.2. The Labute approximate surface area is 222 Å². The number of nitrogens with zero attached hydrogens (tertiary/aromatic N) is 1. The van der Waals surface area contributed by atoms with E-state index in [1.165, 1.54) is 114 Å². The first kappa shape index (κ1) is 32.3. The summed E-state index contributed by atoms with van der Waals surface area (Å²) in [4.78, 5) is -0.178. The van der Waals surface area contributed by atoms with Gasteiger partial charge in [0.25, 0.3) is 0 Å². The van der Waals surface area contributed by atoms with E-state index < -0.39 is 10.1 Å². The van der Waals surface area contributed by atoms with E-state index >= 15 is 0 Å². The molecule has 0 N–H and O–H groups in total. The van der Waals surface area contributed by atoms with E-state index in [0.717, 1.165) is 10.0 Å². The van der Waals surface area contributed by atoms with Gasteiger partial charge in [-0.3, -0.25) is 0 Å². The van der Waals surface area contributed by atoms with Gasteiger partial charge in [0.05, 0.1) is 32.1 Å². The van der Waals surface area contributed by atoms with Crippen molar-refractivity contribution in [3.8, 4) is 0 Å². The van der Waals surface area contributed by atoms with Crippen molar-refractivity contribution >= 4 is 10.1 Å². The van der Waals surface area contributed by atoms with Crippen LogP contribution in [0.5, 0.6) is 0 Å². The molecule has 0 heterocycles. The highest BCUT2D eigenvalue weighted by molar-refractivity contribution is 7.85. The molecule has 0 aromatic heterocycles. The molecule has 2 rings (SSSR count). The average Bonchev–Trinajstić information content (AvgIpc) is 2.84. The van der Waals surface area contributed by atoms with E-state index in [1.807, 2.05) is 6.92 Å². The van der Waals surface area contributed by atoms with Gasteiger partial charge < -0.3 is 9.04 Å². The molecule has 0 unspecified atom stereocenters. The van der Waals surface area contributed by atoms with Crippen LogP contribution in [0.15, 0.2) is 59.5 Å². The zero-order chi connectivity index (χ0) is 26.7. The molecule has 0 radical (unpaired) electrons. The highest BCUT2D eigenvalue weighted by Gasteiger charge is 2.14. The Bertz CT molecular complexity index is 893. The molecule has 4 nitrogen and oxygen atoms in total. The van der Waals surface area contributed by atoms with Crippen molar-refractivity contribution < 1.29 is 17.5 Å². The lowest BCUT2D eigenvalue weighted by Crippen LogP contribution is -2.42. The van der Waals surface area contributed by atoms with Crippen LogP contribution < -0.4 is 0 Å². The first-order valence-corrected chi connectivity index (χ1v) is 15.4. The van der Waals surface area contributed by atoms with Gasteiger partial charge in [0.2, 0.25) is 0 Å². The van der Waals surface area contributed by atoms with Gasteiger partial charge in [-0.15, -0.1) is 0 Å². The van der Waals surface area contributed by atoms with Crippen molar-refractivity contribution in [1.82, 2.24) is 0 Å². The van der Waals surface area contributed by atoms with Crippen molar-refractivity contribution in [2.75, 3.05) is 27.2 Å². The summed E-state index contributed by atoms with van der Waals surface area (Å²) in [6.07, 6.45) is 18.5. The van der Waals surface area contributed by atoms with E-state index in [9.17, 15) is 13.0 Å². The van der Waals surface area contributed by atoms with Crippen LogP contribution in [0, 0.1) is 6.92 Å². The van der Waals surface area contributed by atoms with Gasteiger partial charge in [-0.1, -0.05) is 119 Å². The highest BCUT2D eigenvalue weighted by atomic mass is 32.2. The van der Waals surface area contributed by atoms with Gasteiger partial charge in [0.1, 0.15) is 10.1 Å². The number of likely N-dealkylation sites (N-methyl/N-ethyl adjacent to an activating group) is 1. The maximum Gasteiger partial charge on any atom is 0.124 e. The summed E-state index contributed by atoms with van der Waals surface area (Å²) >= 11 is 0. The standard InChI is InChI=1S/C24H44N.C7H8O3S/c1-4-5-6-7-8-9-10-11-12-13-14-18-22-25(2,3)23-21-24-19-16-15-17-20-24;1-6-2-4-7(5-3-6)11(8,9)10/h15-17,19-20H,4-14,18,21-23H2,1-3H3;2-5H,1H3,(H,8,9,10)/q+1;/p-1. The fourth-order valence-electron chi connectivity index (χ4n) is 4.27. The summed E-state index contributed by atoms with van der Waals surface area (Å²) in [5, 5.41) is 0. The van der Waals surface area contributed by atoms with Crippen molar-refractivity contribution in [2.45, 2.75) is 102 Å². The summed E-state index contributed by atoms with van der Waals surface area (Å²) < 4.78 is 32.3. The Morgan fingerprint density at radius 3 is 1.61 bits per heavy atom. The van der Waals surface area contributed by atoms with Gasteiger partial charge in [-0.05, 0) is 37.5 Å². The van der Waals surface area contributed by atoms with Crippen molar-refractivity contribution in [2.24, 2.45) is 0 Å². The lowest BCUT2D eigenvalue weighted by Gasteiger charge is -2.30. The predicted octanol–water partition coefficient (Wildman–Crippen LogP) is 7.91. The molecule has 0 aliphatic rings. The molecule has 0 atom stereocenters. The van der Waals surface area contributed by atoms with E-state index in [1.54, 1.807) is 12.1 Å². The average molecular weight is 518 g/mol. The molecule has 0 aliphatic heterocycles. The van der Waals surface area contributed by atoms with Crippen LogP contribution >= 0.6 is 0 Å². The SMILES string of the molecule is CCCCCCCCCCCCCC[N+](C)(C)CCc1ccccc1.Cc1ccc(S(=O)(=O)[O-])cc1. The maximum atomic E-state index is 10.4. The van der Waals surface area contributed by atoms with Crippen molar-refractivity contribution in [1.29, 1.82) is 0 Å². The van der Waals surface area contributed by atoms with Gasteiger partial charge in [-0.2, -0.15) is 0 Å². The highest BCUT2D eigenvalue weighted by Crippen LogP contribution is 2.13. The molecule has 0 aliphatic carbocycles. The van der Waals surface area contributed by atoms with E-state index in [0.29, 0.717) is 0 Å². The van der Waals surface area contributed by atoms with Crippen LogP contribution in [-0.2, 0) is 16.5 Å². The number of benzene rings is 2. The topological polar surface area (TPSA) is 57.2 Å². The van der Waals surface area contributed by atoms with Crippen molar-refractivity contribution in [3.05, 3.63) is 65.7 Å². The molecule has 36 heavy (non-hydrogen) atoms. The summed E-state index contributed by atoms with van der Waals surface area (Å²) in [7, 11) is 0.511. The Hall–Kier alpha value is -1.69. The summed E-state index contributed by atoms with van der Waals surface area (Å²) in [5.74, 6) is 0. The summed E-state index contributed by atoms with van der Waals surface area (Å²) in [5.41, 5.74) is 2.40. The Kier molecular flexibility index (Phi) is 16.7. The van der Waals surface area contributed by atoms with Gasteiger partial charge in [0, 0.05) is 6.42 Å². The largest absolute Gasteiger partial charge is 0.744 e. The first-order chi connectivity index (χ1) is 17.1. The molecule has 0 saturated heterocycles. The normalized spacial score (nSPS) is 11.7. The van der Waals surface area contributed by atoms with Crippen LogP contribution in [0.2, 0.25) is 0 Å². The molecule has 204 valence electrons. The minimum Gasteiger partial charge on any atom is -0.744 e. The van der Waals surface area contributed by atoms with Gasteiger partial charge in [0.15, 0.2) is 0 Å². The second-order valence-electron chi connectivity index (χ2n) is 10.8. The van der Waals surface area contributed by atoms with Crippen LogP contribution in [0.4, 0.5) is 0 Å². The third kappa shape index (κ3) is 16.9. The fourth-order valence-corrected chi connectivity index (χ4v) is 4.74. The Morgan fingerprint density at radius 1 is 0.667 bits per heavy atom. The minimum atomic E-state index is -4.27. The lowest BCUT2D eigenvalue weighted by molar-refractivity contribution is -0.890. The number of hydrogen-bond donors (Lipinski definition) is 0. The van der Waals surface area contributed by atoms with E-state index in [2.05, 4.69) is 51.4 Å². The zero-order valence-corrected chi connectivity index (χ0v) is 24.2. The molecule has 0 spiro atoms. The molecule has 0 saturated carbocycles. The van der Waals surface area contributed by atoms with E-state index in [-0.39, 0.29) is 4.90 Å². The molecule has 0 amide bonds. The number of unbranched alkanes of at least 4 members (excludes halogenated alkanes) is 11. The monoisotopic (exact) mass is 517 g/mol. The third-order valence-corrected chi connectivity index (χ3v) is 7.62. The van der Waals surface area contributed by atoms with Crippen LogP contribution in [0.1, 0.15) is 95.1 Å². The Morgan fingerprint density at radius 2 is 1.14 bits per heavy atom. The summed E-state index contributed by atoms with van der Waals surface area (Å²) in [6.45, 7) is 6.69. The number of aryl methyl sites for hydroxylation is 1. The fraction of sp³-hybridized carbons (Fsp3) is 0.613. The molecule has 2 aromatic carbocycles. The Balaban J connectivity index is 0.000000488. The molecule has 0 fully saturated rings. The van der Waals surface area contributed by atoms with Crippen LogP contribution in [-0.4, -0.2) is 44.6 Å². The minimum absolute atomic E-state index is 0.178. The first-order valence-electron chi connectivity index (χ1n) is 14.0. The van der Waals surface area contributed by atoms with Gasteiger partial charge in [-0.25, -0.2) is 8.42 Å². The van der Waals surface area contributed by atoms with Gasteiger partial charge >= 0.3 is 0 Å². The number of quaternary nitrogens is 1. The van der Waals surface area contributed by atoms with Crippen molar-refractivity contribution in [3.63, 3.8) is 0 Å². The predicted molar refractivity (Wildman–Crippen MR) is 152 cm³/mol. The van der Waals surface area contributed by atoms with Crippen LogP contribution in [0.25, 0.3) is 0 Å². The number of rotatable bonds is 17. The second kappa shape index (κ2) is 18.5. The zero-order valence-electron chi connectivity index (χ0n) is 23.4. The quantitative estimate of drug-likeness (QED) is 0.122.